The van der Waals surface area contributed by atoms with Crippen LogP contribution < -0.4 is 11.1 Å². The van der Waals surface area contributed by atoms with E-state index in [1.807, 2.05) is 67.6 Å². The van der Waals surface area contributed by atoms with E-state index in [4.69, 9.17) is 19.9 Å². The van der Waals surface area contributed by atoms with Crippen LogP contribution in [0, 0.1) is 0 Å². The van der Waals surface area contributed by atoms with Crippen LogP contribution in [0.25, 0.3) is 0 Å². The maximum Gasteiger partial charge on any atom is 0.249 e. The molecule has 1 aliphatic rings. The first-order chi connectivity index (χ1) is 15.9. The second kappa shape index (κ2) is 12.2. The molecular weight excluding hydrogens is 424 g/mol. The molecule has 0 bridgehead atoms. The Kier molecular flexibility index (Phi) is 9.37. The van der Waals surface area contributed by atoms with Crippen molar-refractivity contribution in [2.75, 3.05) is 6.61 Å². The lowest BCUT2D eigenvalue weighted by molar-refractivity contribution is -0.279. The molecule has 0 spiro atoms. The molecule has 3 rings (SSSR count). The van der Waals surface area contributed by atoms with Gasteiger partial charge in [0.25, 0.3) is 0 Å². The lowest BCUT2D eigenvalue weighted by Gasteiger charge is -2.43. The Morgan fingerprint density at radius 2 is 1.70 bits per heavy atom. The fourth-order valence-corrected chi connectivity index (χ4v) is 3.84. The van der Waals surface area contributed by atoms with Crippen LogP contribution in [0.1, 0.15) is 25.0 Å². The fourth-order valence-electron chi connectivity index (χ4n) is 3.84. The van der Waals surface area contributed by atoms with Crippen molar-refractivity contribution in [3.8, 4) is 0 Å². The molecule has 0 radical (unpaired) electrons. The zero-order chi connectivity index (χ0) is 23.8. The average molecular weight is 459 g/mol. The number of ether oxygens (including phenoxy) is 3. The van der Waals surface area contributed by atoms with Crippen molar-refractivity contribution in [3.63, 3.8) is 0 Å². The zero-order valence-electron chi connectivity index (χ0n) is 19.0. The molecule has 180 valence electrons. The Balaban J connectivity index is 1.58. The van der Waals surface area contributed by atoms with Crippen LogP contribution >= 0.6 is 0 Å². The second-order valence-corrected chi connectivity index (χ2v) is 8.43. The van der Waals surface area contributed by atoms with E-state index < -0.39 is 43.4 Å². The van der Waals surface area contributed by atoms with Crippen LogP contribution in [0.15, 0.2) is 60.7 Å². The van der Waals surface area contributed by atoms with Gasteiger partial charge < -0.3 is 35.5 Å². The van der Waals surface area contributed by atoms with Gasteiger partial charge in [0, 0.05) is 6.04 Å². The second-order valence-electron chi connectivity index (χ2n) is 8.43. The molecule has 0 aliphatic carbocycles. The van der Waals surface area contributed by atoms with Crippen molar-refractivity contribution < 1.29 is 29.2 Å². The number of hydrogen-bond acceptors (Lipinski definition) is 7. The highest BCUT2D eigenvalue weighted by atomic mass is 16.7. The number of aliphatic hydroxyl groups excluding tert-OH is 2. The molecule has 8 nitrogen and oxygen atoms in total. The standard InChI is InChI=1S/C25H34N2O6/c1-16(13-18-9-5-3-6-10-18)27-24(30)17(2)32-23-21(26)25(33-20(14-28)22(23)29)31-15-19-11-7-4-8-12-19/h3-12,16-17,20-23,25,28-29H,13-15,26H2,1-2H3,(H,27,30)/t16-,17+,20+,21+,22+,23+,25+/m0/s1. The summed E-state index contributed by atoms with van der Waals surface area (Å²) in [6.07, 6.45) is -4.21. The number of nitrogens with two attached hydrogens (primary N) is 1. The van der Waals surface area contributed by atoms with Gasteiger partial charge in [0.05, 0.1) is 19.3 Å². The topological polar surface area (TPSA) is 123 Å². The third kappa shape index (κ3) is 7.07. The molecule has 5 N–H and O–H groups in total. The summed E-state index contributed by atoms with van der Waals surface area (Å²) in [5.41, 5.74) is 8.34. The van der Waals surface area contributed by atoms with E-state index in [9.17, 15) is 15.0 Å². The highest BCUT2D eigenvalue weighted by Crippen LogP contribution is 2.25. The smallest absolute Gasteiger partial charge is 0.249 e. The summed E-state index contributed by atoms with van der Waals surface area (Å²) in [5.74, 6) is -0.313. The summed E-state index contributed by atoms with van der Waals surface area (Å²) in [7, 11) is 0. The fraction of sp³-hybridized carbons (Fsp3) is 0.480. The number of amides is 1. The Morgan fingerprint density at radius 1 is 1.09 bits per heavy atom. The number of nitrogens with one attached hydrogen (secondary N) is 1. The average Bonchev–Trinajstić information content (AvgIpc) is 2.82. The molecule has 8 heteroatoms. The first-order valence-electron chi connectivity index (χ1n) is 11.2. The maximum absolute atomic E-state index is 12.7. The SMILES string of the molecule is C[C@@H](Cc1ccccc1)NC(=O)[C@@H](C)O[C@@H]1[C@@H](N)[C@H](OCc2ccccc2)O[C@H](CO)[C@H]1O. The normalized spacial score (nSPS) is 27.0. The molecule has 2 aromatic carbocycles. The minimum Gasteiger partial charge on any atom is -0.394 e. The predicted octanol–water partition coefficient (Wildman–Crippen LogP) is 1.13. The number of carbonyl (C=O) groups excluding carboxylic acids is 1. The minimum absolute atomic E-state index is 0.105. The molecule has 1 aliphatic heterocycles. The van der Waals surface area contributed by atoms with Crippen LogP contribution in [0.3, 0.4) is 0 Å². The summed E-state index contributed by atoms with van der Waals surface area (Å²) in [5, 5.41) is 23.2. The van der Waals surface area contributed by atoms with Crippen molar-refractivity contribution in [1.29, 1.82) is 0 Å². The lowest BCUT2D eigenvalue weighted by Crippen LogP contribution is -2.64. The zero-order valence-corrected chi connectivity index (χ0v) is 19.0. The van der Waals surface area contributed by atoms with Gasteiger partial charge in [-0.25, -0.2) is 0 Å². The molecule has 1 fully saturated rings. The van der Waals surface area contributed by atoms with Gasteiger partial charge in [-0.2, -0.15) is 0 Å². The first-order valence-corrected chi connectivity index (χ1v) is 11.2. The van der Waals surface area contributed by atoms with Crippen molar-refractivity contribution in [2.24, 2.45) is 5.73 Å². The Bertz CT molecular complexity index is 852. The van der Waals surface area contributed by atoms with Crippen molar-refractivity contribution in [3.05, 3.63) is 71.8 Å². The van der Waals surface area contributed by atoms with Gasteiger partial charge in [0.15, 0.2) is 6.29 Å². The van der Waals surface area contributed by atoms with Gasteiger partial charge >= 0.3 is 0 Å². The number of benzene rings is 2. The molecule has 1 saturated heterocycles. The summed E-state index contributed by atoms with van der Waals surface area (Å²) in [6.45, 7) is 3.33. The molecule has 0 unspecified atom stereocenters. The monoisotopic (exact) mass is 458 g/mol. The molecule has 1 heterocycles. The Labute approximate surface area is 194 Å². The molecule has 0 aromatic heterocycles. The van der Waals surface area contributed by atoms with Gasteiger partial charge in [0.1, 0.15) is 24.4 Å². The van der Waals surface area contributed by atoms with Crippen LogP contribution in [0.5, 0.6) is 0 Å². The molecule has 2 aromatic rings. The van der Waals surface area contributed by atoms with E-state index in [0.29, 0.717) is 6.42 Å². The number of aliphatic hydroxyl groups is 2. The van der Waals surface area contributed by atoms with E-state index >= 15 is 0 Å². The molecule has 0 saturated carbocycles. The van der Waals surface area contributed by atoms with Gasteiger partial charge in [-0.15, -0.1) is 0 Å². The van der Waals surface area contributed by atoms with Crippen LogP contribution in [0.4, 0.5) is 0 Å². The highest BCUT2D eigenvalue weighted by Gasteiger charge is 2.45. The Hall–Kier alpha value is -2.33. The largest absolute Gasteiger partial charge is 0.394 e. The van der Waals surface area contributed by atoms with Crippen molar-refractivity contribution in [1.82, 2.24) is 5.32 Å². The van der Waals surface area contributed by atoms with Gasteiger partial charge in [0.2, 0.25) is 5.91 Å². The van der Waals surface area contributed by atoms with Gasteiger partial charge in [-0.05, 0) is 31.4 Å². The molecule has 7 atom stereocenters. The van der Waals surface area contributed by atoms with Crippen molar-refractivity contribution in [2.45, 2.75) is 69.7 Å². The molecule has 33 heavy (non-hydrogen) atoms. The van der Waals surface area contributed by atoms with Gasteiger partial charge in [-0.3, -0.25) is 4.79 Å². The number of hydrogen-bond donors (Lipinski definition) is 4. The maximum atomic E-state index is 12.7. The van der Waals surface area contributed by atoms with E-state index in [1.54, 1.807) is 6.92 Å². The van der Waals surface area contributed by atoms with Gasteiger partial charge in [-0.1, -0.05) is 60.7 Å². The Morgan fingerprint density at radius 3 is 2.30 bits per heavy atom. The highest BCUT2D eigenvalue weighted by molar-refractivity contribution is 5.80. The van der Waals surface area contributed by atoms with Crippen molar-refractivity contribution >= 4 is 5.91 Å². The van der Waals surface area contributed by atoms with Crippen LogP contribution in [-0.2, 0) is 32.0 Å². The minimum atomic E-state index is -1.21. The summed E-state index contributed by atoms with van der Waals surface area (Å²) in [4.78, 5) is 12.7. The first kappa shape index (κ1) is 25.3. The third-order valence-corrected chi connectivity index (χ3v) is 5.66. The number of rotatable bonds is 10. The summed E-state index contributed by atoms with van der Waals surface area (Å²) < 4.78 is 17.4. The van der Waals surface area contributed by atoms with Crippen LogP contribution in [-0.4, -0.2) is 65.5 Å². The van der Waals surface area contributed by atoms with E-state index in [2.05, 4.69) is 5.32 Å². The number of carbonyl (C=O) groups is 1. The van der Waals surface area contributed by atoms with E-state index in [-0.39, 0.29) is 18.6 Å². The molecular formula is C25H34N2O6. The van der Waals surface area contributed by atoms with Crippen LogP contribution in [0.2, 0.25) is 0 Å². The summed E-state index contributed by atoms with van der Waals surface area (Å²) >= 11 is 0. The van der Waals surface area contributed by atoms with E-state index in [1.165, 1.54) is 0 Å². The molecule has 1 amide bonds. The predicted molar refractivity (Wildman–Crippen MR) is 123 cm³/mol. The lowest BCUT2D eigenvalue weighted by atomic mass is 9.97. The van der Waals surface area contributed by atoms with E-state index in [0.717, 1.165) is 11.1 Å². The summed E-state index contributed by atoms with van der Waals surface area (Å²) in [6, 6.07) is 18.4. The third-order valence-electron chi connectivity index (χ3n) is 5.66. The quantitative estimate of drug-likeness (QED) is 0.421.